The molecule has 5 rings (SSSR count). The van der Waals surface area contributed by atoms with Gasteiger partial charge in [-0.05, 0) is 76.0 Å². The van der Waals surface area contributed by atoms with Crippen LogP contribution < -0.4 is 0 Å². The lowest BCUT2D eigenvalue weighted by molar-refractivity contribution is -0.322. The molecule has 2 heterocycles. The smallest absolute Gasteiger partial charge is 0.348 e. The largest absolute Gasteiger partial charge is 0.469 e. The van der Waals surface area contributed by atoms with E-state index in [0.29, 0.717) is 6.42 Å². The maximum atomic E-state index is 14.1. The summed E-state index contributed by atoms with van der Waals surface area (Å²) in [6.07, 6.45) is -0.508. The summed E-state index contributed by atoms with van der Waals surface area (Å²) in [5.41, 5.74) is -0.756. The van der Waals surface area contributed by atoms with E-state index < -0.39 is 87.2 Å². The minimum absolute atomic E-state index is 0.00326. The monoisotopic (exact) mass is 650 g/mol. The Kier molecular flexibility index (Phi) is 8.26. The second-order valence-corrected chi connectivity index (χ2v) is 25.1. The molecule has 12 heteroatoms. The molecule has 4 fully saturated rings. The molecule has 2 saturated heterocycles. The second kappa shape index (κ2) is 10.9. The van der Waals surface area contributed by atoms with Gasteiger partial charge < -0.3 is 27.8 Å². The van der Waals surface area contributed by atoms with E-state index in [1.54, 1.807) is 6.08 Å². The van der Waals surface area contributed by atoms with Crippen molar-refractivity contribution >= 4 is 40.3 Å². The van der Waals surface area contributed by atoms with Gasteiger partial charge >= 0.3 is 17.9 Å². The number of allylic oxidation sites excluding steroid dienone is 2. The van der Waals surface area contributed by atoms with Gasteiger partial charge in [-0.3, -0.25) is 14.4 Å². The Labute approximate surface area is 263 Å². The van der Waals surface area contributed by atoms with E-state index in [1.165, 1.54) is 7.11 Å². The molecule has 2 saturated carbocycles. The quantitative estimate of drug-likeness (QED) is 0.209. The van der Waals surface area contributed by atoms with Crippen LogP contribution in [0.1, 0.15) is 47.0 Å². The summed E-state index contributed by atoms with van der Waals surface area (Å²) in [4.78, 5) is 54.6. The molecule has 10 nitrogen and oxygen atoms in total. The molecule has 2 aliphatic heterocycles. The predicted molar refractivity (Wildman–Crippen MR) is 165 cm³/mol. The highest BCUT2D eigenvalue weighted by atomic mass is 28.4. The number of carbonyl (C=O) groups is 4. The van der Waals surface area contributed by atoms with Gasteiger partial charge in [-0.15, -0.1) is 0 Å². The lowest BCUT2D eigenvalue weighted by Crippen LogP contribution is -2.79. The molecular formula is C32H50O10Si2. The van der Waals surface area contributed by atoms with E-state index in [0.717, 1.165) is 5.57 Å². The minimum Gasteiger partial charge on any atom is -0.469 e. The Morgan fingerprint density at radius 2 is 1.75 bits per heavy atom. The van der Waals surface area contributed by atoms with Crippen LogP contribution in [0.2, 0.25) is 39.3 Å². The summed E-state index contributed by atoms with van der Waals surface area (Å²) in [7, 11) is -3.58. The Morgan fingerprint density at radius 1 is 1.09 bits per heavy atom. The van der Waals surface area contributed by atoms with Crippen LogP contribution in [-0.4, -0.2) is 78.1 Å². The molecule has 0 radical (unpaired) electrons. The van der Waals surface area contributed by atoms with Gasteiger partial charge in [0.2, 0.25) is 6.10 Å². The Bertz CT molecular complexity index is 1270. The van der Waals surface area contributed by atoms with Crippen LogP contribution in [0.25, 0.3) is 0 Å². The summed E-state index contributed by atoms with van der Waals surface area (Å²) in [5.74, 6) is -5.76. The first-order valence-corrected chi connectivity index (χ1v) is 22.7. The molecule has 10 atom stereocenters. The summed E-state index contributed by atoms with van der Waals surface area (Å²) >= 11 is 0. The van der Waals surface area contributed by atoms with Gasteiger partial charge in [0, 0.05) is 30.1 Å². The average molecular weight is 651 g/mol. The van der Waals surface area contributed by atoms with Crippen molar-refractivity contribution in [3.8, 4) is 0 Å². The number of ether oxygens (including phenoxy) is 4. The third-order valence-corrected chi connectivity index (χ3v) is 12.2. The number of methoxy groups -OCH3 is 1. The molecule has 0 aromatic carbocycles. The molecule has 2 bridgehead atoms. The molecule has 1 spiro atoms. The number of esters is 3. The maximum absolute atomic E-state index is 14.1. The summed E-state index contributed by atoms with van der Waals surface area (Å²) in [6.45, 7) is 20.2. The van der Waals surface area contributed by atoms with Gasteiger partial charge in [-0.1, -0.05) is 26.3 Å². The topological polar surface area (TPSA) is 124 Å². The fourth-order valence-corrected chi connectivity index (χ4v) is 11.8. The van der Waals surface area contributed by atoms with Crippen LogP contribution in [0.5, 0.6) is 0 Å². The maximum Gasteiger partial charge on any atom is 0.348 e. The standard InChI is InChI=1S/C32H50O10Si2/c1-17(2)12-22(34)40-25-24-23(27(35)37-5)26(41-43(6,7)8)32(42-44(9,10)11)29-30(4)15-19(33)13-18(3)20(30)14-21(39-28(25)36)31(24,29)16-38-32/h13,17,20-21,23-26,29H,12,14-16H2,1-11H3/t20-,21+,23+,24+,25+,26+,29+,30-,31-,32-/m0/s1. The normalized spacial score (nSPS) is 41.4. The number of rotatable bonds is 8. The minimum atomic E-state index is -2.45. The summed E-state index contributed by atoms with van der Waals surface area (Å²) in [5, 5.41) is 0. The molecule has 0 amide bonds. The Balaban J connectivity index is 1.83. The highest BCUT2D eigenvalue weighted by Crippen LogP contribution is 2.75. The average Bonchev–Trinajstić information content (AvgIpc) is 3.14. The van der Waals surface area contributed by atoms with E-state index >= 15 is 0 Å². The fraction of sp³-hybridized carbons (Fsp3) is 0.812. The molecule has 246 valence electrons. The number of carbonyl (C=O) groups excluding carboxylic acids is 4. The van der Waals surface area contributed by atoms with E-state index in [1.807, 2.05) is 40.4 Å². The highest BCUT2D eigenvalue weighted by Gasteiger charge is 2.85. The van der Waals surface area contributed by atoms with Gasteiger partial charge in [-0.2, -0.15) is 0 Å². The van der Waals surface area contributed by atoms with Crippen molar-refractivity contribution in [2.75, 3.05) is 13.7 Å². The van der Waals surface area contributed by atoms with Crippen molar-refractivity contribution in [3.63, 3.8) is 0 Å². The first kappa shape index (κ1) is 33.5. The van der Waals surface area contributed by atoms with E-state index in [-0.39, 0.29) is 37.1 Å². The van der Waals surface area contributed by atoms with E-state index in [2.05, 4.69) is 26.6 Å². The van der Waals surface area contributed by atoms with Gasteiger partial charge in [0.05, 0.1) is 19.6 Å². The van der Waals surface area contributed by atoms with Crippen LogP contribution in [0.15, 0.2) is 11.6 Å². The van der Waals surface area contributed by atoms with Crippen LogP contribution in [-0.2, 0) is 47.0 Å². The number of ketones is 1. The van der Waals surface area contributed by atoms with Crippen molar-refractivity contribution in [3.05, 3.63) is 11.6 Å². The predicted octanol–water partition coefficient (Wildman–Crippen LogP) is 4.63. The molecule has 0 aromatic rings. The van der Waals surface area contributed by atoms with E-state index in [9.17, 15) is 19.2 Å². The molecule has 0 N–H and O–H groups in total. The van der Waals surface area contributed by atoms with Gasteiger partial charge in [0.25, 0.3) is 0 Å². The molecular weight excluding hydrogens is 601 g/mol. The van der Waals surface area contributed by atoms with Gasteiger partial charge in [-0.25, -0.2) is 4.79 Å². The number of hydrogen-bond acceptors (Lipinski definition) is 10. The van der Waals surface area contributed by atoms with Crippen LogP contribution in [0.3, 0.4) is 0 Å². The lowest BCUT2D eigenvalue weighted by Gasteiger charge is -2.69. The molecule has 0 unspecified atom stereocenters. The summed E-state index contributed by atoms with van der Waals surface area (Å²) < 4.78 is 38.9. The van der Waals surface area contributed by atoms with Crippen molar-refractivity contribution in [2.24, 2.45) is 40.4 Å². The van der Waals surface area contributed by atoms with Crippen molar-refractivity contribution in [2.45, 2.75) is 110 Å². The van der Waals surface area contributed by atoms with Crippen LogP contribution in [0.4, 0.5) is 0 Å². The highest BCUT2D eigenvalue weighted by molar-refractivity contribution is 6.70. The Hall–Kier alpha value is -1.87. The SMILES string of the molecule is COC(=O)[C@@H]1[C@@H]2[C@@H](OC(=O)CC(C)C)C(=O)O[C@@H]3C[C@H]4C(C)=CC(=O)C[C@]4(C)[C@H]4[C@](O[Si](C)(C)C)(OC[C@@]234)[C@@H]1O[Si](C)(C)C. The Morgan fingerprint density at radius 3 is 2.32 bits per heavy atom. The third-order valence-electron chi connectivity index (χ3n) is 10.3. The second-order valence-electron chi connectivity index (χ2n) is 16.3. The summed E-state index contributed by atoms with van der Waals surface area (Å²) in [6, 6.07) is 0. The molecule has 0 aromatic heterocycles. The number of fused-ring (bicyclic) bond motifs is 1. The van der Waals surface area contributed by atoms with Gasteiger partial charge in [0.15, 0.2) is 28.2 Å². The third kappa shape index (κ3) is 5.16. The molecule has 44 heavy (non-hydrogen) atoms. The molecule has 5 aliphatic rings. The lowest BCUT2D eigenvalue weighted by atomic mass is 9.38. The van der Waals surface area contributed by atoms with Crippen LogP contribution in [0, 0.1) is 40.4 Å². The molecule has 3 aliphatic carbocycles. The van der Waals surface area contributed by atoms with Crippen molar-refractivity contribution in [1.29, 1.82) is 0 Å². The number of hydrogen-bond donors (Lipinski definition) is 0. The first-order valence-electron chi connectivity index (χ1n) is 15.9. The first-order chi connectivity index (χ1) is 20.2. The zero-order valence-corrected chi connectivity index (χ0v) is 30.1. The van der Waals surface area contributed by atoms with Crippen LogP contribution >= 0.6 is 0 Å². The van der Waals surface area contributed by atoms with Crippen molar-refractivity contribution in [1.82, 2.24) is 0 Å². The fourth-order valence-electron chi connectivity index (χ4n) is 9.46. The zero-order chi connectivity index (χ0) is 32.8. The van der Waals surface area contributed by atoms with E-state index in [4.69, 9.17) is 27.8 Å². The van der Waals surface area contributed by atoms with Crippen molar-refractivity contribution < 1.29 is 47.0 Å². The van der Waals surface area contributed by atoms with Gasteiger partial charge in [0.1, 0.15) is 12.2 Å². The zero-order valence-electron chi connectivity index (χ0n) is 28.1.